The molecule has 0 bridgehead atoms. The Morgan fingerprint density at radius 2 is 1.94 bits per heavy atom. The van der Waals surface area contributed by atoms with Gasteiger partial charge in [0.15, 0.2) is 0 Å². The fraction of sp³-hybridized carbons (Fsp3) is 0.182. The van der Waals surface area contributed by atoms with Gasteiger partial charge in [0, 0.05) is 5.39 Å². The van der Waals surface area contributed by atoms with Gasteiger partial charge in [-0.2, -0.15) is 0 Å². The van der Waals surface area contributed by atoms with Crippen molar-refractivity contribution in [2.45, 2.75) is 13.8 Å². The van der Waals surface area contributed by atoms with E-state index in [1.807, 2.05) is 32.0 Å². The number of nitrogens with zero attached hydrogens (tertiary/aromatic N) is 2. The number of hydrogen-bond acceptors (Lipinski definition) is 2. The van der Waals surface area contributed by atoms with E-state index in [-0.39, 0.29) is 5.96 Å². The first-order valence-electron chi connectivity index (χ1n) is 4.96. The number of guanidine groups is 1. The van der Waals surface area contributed by atoms with Gasteiger partial charge in [0.25, 0.3) is 5.96 Å². The number of benzene rings is 1. The summed E-state index contributed by atoms with van der Waals surface area (Å²) in [5.41, 5.74) is 13.6. The first-order chi connectivity index (χ1) is 7.56. The molecule has 0 fully saturated rings. The molecule has 0 atom stereocenters. The van der Waals surface area contributed by atoms with Gasteiger partial charge in [-0.05, 0) is 31.5 Å². The van der Waals surface area contributed by atoms with Crippen molar-refractivity contribution in [3.05, 3.63) is 29.5 Å². The highest BCUT2D eigenvalue weighted by Gasteiger charge is 2.08. The Bertz CT molecular complexity index is 570. The van der Waals surface area contributed by atoms with Crippen LogP contribution in [0.25, 0.3) is 10.9 Å². The molecule has 1 aromatic heterocycles. The maximum atomic E-state index is 5.35. The Morgan fingerprint density at radius 1 is 1.19 bits per heavy atom. The third kappa shape index (κ3) is 1.93. The zero-order valence-electron chi connectivity index (χ0n) is 9.28. The van der Waals surface area contributed by atoms with Crippen molar-refractivity contribution in [1.29, 1.82) is 0 Å². The molecule has 82 valence electrons. The van der Waals surface area contributed by atoms with E-state index in [4.69, 9.17) is 11.5 Å². The van der Waals surface area contributed by atoms with Crippen LogP contribution in [0.3, 0.4) is 0 Å². The van der Waals surface area contributed by atoms with Crippen molar-refractivity contribution in [2.24, 2.45) is 11.5 Å². The quantitative estimate of drug-likeness (QED) is 0.431. The first-order valence-corrected chi connectivity index (χ1v) is 4.96. The van der Waals surface area contributed by atoms with Gasteiger partial charge in [0.1, 0.15) is 5.52 Å². The fourth-order valence-corrected chi connectivity index (χ4v) is 1.58. The molecule has 0 saturated heterocycles. The fourth-order valence-electron chi connectivity index (χ4n) is 1.58. The lowest BCUT2D eigenvalue weighted by atomic mass is 10.1. The summed E-state index contributed by atoms with van der Waals surface area (Å²) in [6.07, 6.45) is 0. The Kier molecular flexibility index (Phi) is 2.44. The summed E-state index contributed by atoms with van der Waals surface area (Å²) < 4.78 is 0. The van der Waals surface area contributed by atoms with Gasteiger partial charge in [0.2, 0.25) is 0 Å². The molecule has 0 unspecified atom stereocenters. The van der Waals surface area contributed by atoms with Gasteiger partial charge in [0.05, 0.1) is 5.69 Å². The molecule has 1 heterocycles. The molecule has 0 aliphatic carbocycles. The van der Waals surface area contributed by atoms with E-state index in [0.717, 1.165) is 22.2 Å². The van der Waals surface area contributed by atoms with Crippen LogP contribution in [0, 0.1) is 13.8 Å². The van der Waals surface area contributed by atoms with Crippen LogP contribution in [0.5, 0.6) is 0 Å². The largest absolute Gasteiger partial charge is 0.354 e. The average Bonchev–Trinajstić information content (AvgIpc) is 2.15. The van der Waals surface area contributed by atoms with Crippen LogP contribution >= 0.6 is 0 Å². The second-order valence-corrected chi connectivity index (χ2v) is 3.73. The maximum Gasteiger partial charge on any atom is 0.354 e. The maximum absolute atomic E-state index is 5.35. The minimum Gasteiger partial charge on any atom is -0.323 e. The lowest BCUT2D eigenvalue weighted by Gasteiger charge is -1.99. The number of aryl methyl sites for hydroxylation is 2. The summed E-state index contributed by atoms with van der Waals surface area (Å²) >= 11 is 0. The van der Waals surface area contributed by atoms with Crippen molar-refractivity contribution in [2.75, 3.05) is 0 Å². The van der Waals surface area contributed by atoms with Crippen molar-refractivity contribution < 1.29 is 4.99 Å². The van der Waals surface area contributed by atoms with Gasteiger partial charge in [-0.1, -0.05) is 6.07 Å². The van der Waals surface area contributed by atoms with E-state index in [0.29, 0.717) is 5.95 Å². The highest BCUT2D eigenvalue weighted by atomic mass is 15.1. The Labute approximate surface area is 93.2 Å². The summed E-state index contributed by atoms with van der Waals surface area (Å²) in [5, 5.41) is 1.03. The molecule has 2 rings (SSSR count). The van der Waals surface area contributed by atoms with Gasteiger partial charge in [-0.25, -0.2) is 4.99 Å². The molecule has 0 radical (unpaired) electrons. The van der Waals surface area contributed by atoms with Crippen LogP contribution in [0.1, 0.15) is 11.3 Å². The molecule has 5 N–H and O–H groups in total. The Balaban J connectivity index is 2.70. The van der Waals surface area contributed by atoms with Crippen molar-refractivity contribution in [1.82, 2.24) is 9.97 Å². The summed E-state index contributed by atoms with van der Waals surface area (Å²) in [4.78, 5) is 11.3. The second-order valence-electron chi connectivity index (χ2n) is 3.73. The summed E-state index contributed by atoms with van der Waals surface area (Å²) in [6, 6.07) is 6.05. The second kappa shape index (κ2) is 3.77. The van der Waals surface area contributed by atoms with E-state index >= 15 is 0 Å². The molecule has 1 aromatic carbocycles. The van der Waals surface area contributed by atoms with E-state index in [2.05, 4.69) is 15.0 Å². The third-order valence-corrected chi connectivity index (χ3v) is 2.30. The highest BCUT2D eigenvalue weighted by molar-refractivity contribution is 5.82. The van der Waals surface area contributed by atoms with E-state index in [1.54, 1.807) is 0 Å². The molecule has 0 aliphatic heterocycles. The molecule has 0 saturated carbocycles. The van der Waals surface area contributed by atoms with Crippen molar-refractivity contribution in [3.63, 3.8) is 0 Å². The summed E-state index contributed by atoms with van der Waals surface area (Å²) in [6.45, 7) is 3.95. The first kappa shape index (κ1) is 10.4. The van der Waals surface area contributed by atoms with Crippen molar-refractivity contribution in [3.8, 4) is 0 Å². The van der Waals surface area contributed by atoms with Crippen LogP contribution in [0.15, 0.2) is 18.2 Å². The predicted octanol–water partition coefficient (Wildman–Crippen LogP) is -0.768. The highest BCUT2D eigenvalue weighted by Crippen LogP contribution is 2.16. The smallest absolute Gasteiger partial charge is 0.323 e. The van der Waals surface area contributed by atoms with Crippen molar-refractivity contribution >= 4 is 22.8 Å². The molecule has 5 heteroatoms. The molecular formula is C11H14N5+. The predicted molar refractivity (Wildman–Crippen MR) is 63.0 cm³/mol. The number of nitrogens with two attached hydrogens (primary N) is 2. The number of hydrogen-bond donors (Lipinski definition) is 3. The van der Waals surface area contributed by atoms with Crippen LogP contribution in [-0.4, -0.2) is 15.9 Å². The minimum absolute atomic E-state index is 0.0893. The van der Waals surface area contributed by atoms with E-state index < -0.39 is 0 Å². The summed E-state index contributed by atoms with van der Waals surface area (Å²) in [5.74, 6) is 0.516. The van der Waals surface area contributed by atoms with Crippen LogP contribution < -0.4 is 16.5 Å². The average molecular weight is 216 g/mol. The minimum atomic E-state index is 0.0893. The SMILES string of the molecule is Cc1ccc2c(C)nc([NH+]=C(N)N)nc2c1. The zero-order valence-corrected chi connectivity index (χ0v) is 9.28. The van der Waals surface area contributed by atoms with E-state index in [9.17, 15) is 0 Å². The Hall–Kier alpha value is -2.17. The molecule has 5 nitrogen and oxygen atoms in total. The Morgan fingerprint density at radius 3 is 2.62 bits per heavy atom. The molecule has 0 spiro atoms. The van der Waals surface area contributed by atoms with E-state index in [1.165, 1.54) is 0 Å². The molecule has 2 aromatic rings. The molecule has 16 heavy (non-hydrogen) atoms. The molecule has 0 amide bonds. The summed E-state index contributed by atoms with van der Waals surface area (Å²) in [7, 11) is 0. The zero-order chi connectivity index (χ0) is 11.7. The topological polar surface area (TPSA) is 91.8 Å². The lowest BCUT2D eigenvalue weighted by Crippen LogP contribution is -2.73. The lowest BCUT2D eigenvalue weighted by molar-refractivity contribution is -0.366. The number of rotatable bonds is 1. The van der Waals surface area contributed by atoms with Gasteiger partial charge >= 0.3 is 5.95 Å². The van der Waals surface area contributed by atoms with Gasteiger partial charge < -0.3 is 11.5 Å². The normalized spacial score (nSPS) is 10.4. The number of nitrogens with one attached hydrogen (secondary N) is 1. The van der Waals surface area contributed by atoms with Crippen LogP contribution in [-0.2, 0) is 0 Å². The third-order valence-electron chi connectivity index (χ3n) is 2.30. The number of fused-ring (bicyclic) bond motifs is 1. The standard InChI is InChI=1S/C11H13N5/c1-6-3-4-8-7(2)14-11(16-10(12)13)15-9(8)5-6/h3-5H,1-2H3,(H4,12,13,14,15,16)/p+1. The van der Waals surface area contributed by atoms with Gasteiger partial charge in [-0.15, -0.1) is 9.97 Å². The van der Waals surface area contributed by atoms with Crippen LogP contribution in [0.4, 0.5) is 5.95 Å². The monoisotopic (exact) mass is 216 g/mol. The molecule has 0 aliphatic rings. The van der Waals surface area contributed by atoms with Crippen LogP contribution in [0.2, 0.25) is 0 Å². The molecular weight excluding hydrogens is 202 g/mol. The number of aromatic nitrogens is 2. The van der Waals surface area contributed by atoms with Gasteiger partial charge in [-0.3, -0.25) is 0 Å².